The van der Waals surface area contributed by atoms with Crippen LogP contribution in [0.5, 0.6) is 17.2 Å². The van der Waals surface area contributed by atoms with Crippen LogP contribution in [-0.2, 0) is 16.2 Å². The van der Waals surface area contributed by atoms with Gasteiger partial charge in [-0.3, -0.25) is 9.59 Å². The second-order valence-corrected chi connectivity index (χ2v) is 8.19. The largest absolute Gasteiger partial charge is 0.495 e. The number of carbonyl (C=O) groups is 2. The number of carbonyl (C=O) groups excluding carboxylic acids is 2. The number of hydrogen-bond donors (Lipinski definition) is 2. The Morgan fingerprint density at radius 1 is 1.00 bits per heavy atom. The zero-order valence-electron chi connectivity index (χ0n) is 19.6. The van der Waals surface area contributed by atoms with Gasteiger partial charge in [0, 0.05) is 0 Å². The predicted octanol–water partition coefficient (Wildman–Crippen LogP) is 4.83. The van der Waals surface area contributed by atoms with Crippen molar-refractivity contribution < 1.29 is 23.8 Å². The van der Waals surface area contributed by atoms with Gasteiger partial charge in [-0.05, 0) is 70.7 Å². The van der Waals surface area contributed by atoms with Crippen LogP contribution < -0.4 is 25.0 Å². The molecule has 2 amide bonds. The fourth-order valence-electron chi connectivity index (χ4n) is 3.13. The molecule has 182 valence electrons. The van der Waals surface area contributed by atoms with Crippen molar-refractivity contribution in [1.29, 1.82) is 0 Å². The average Bonchev–Trinajstić information content (AvgIpc) is 2.85. The van der Waals surface area contributed by atoms with E-state index in [-0.39, 0.29) is 0 Å². The molecule has 2 N–H and O–H groups in total. The highest BCUT2D eigenvalue weighted by molar-refractivity contribution is 9.10. The summed E-state index contributed by atoms with van der Waals surface area (Å²) >= 11 is 3.52. The summed E-state index contributed by atoms with van der Waals surface area (Å²) in [4.78, 5) is 24.3. The predicted molar refractivity (Wildman–Crippen MR) is 138 cm³/mol. The number of methoxy groups -OCH3 is 1. The van der Waals surface area contributed by atoms with Gasteiger partial charge in [-0.1, -0.05) is 36.4 Å². The molecule has 0 aliphatic carbocycles. The molecule has 0 radical (unpaired) electrons. The van der Waals surface area contributed by atoms with Crippen molar-refractivity contribution in [2.24, 2.45) is 5.10 Å². The molecule has 0 atom stereocenters. The number of para-hydroxylation sites is 2. The Balaban J connectivity index is 1.67. The number of anilines is 1. The molecule has 0 unspecified atom stereocenters. The fraction of sp³-hybridized carbons (Fsp3) is 0.192. The number of aryl methyl sites for hydroxylation is 1. The van der Waals surface area contributed by atoms with Crippen LogP contribution in [0.4, 0.5) is 5.69 Å². The van der Waals surface area contributed by atoms with Crippen molar-refractivity contribution in [2.75, 3.05) is 19.0 Å². The molecule has 0 heterocycles. The Morgan fingerprint density at radius 3 is 2.49 bits per heavy atom. The number of rotatable bonds is 9. The van der Waals surface area contributed by atoms with Crippen molar-refractivity contribution in [1.82, 2.24) is 5.43 Å². The maximum absolute atomic E-state index is 12.2. The highest BCUT2D eigenvalue weighted by atomic mass is 79.9. The first-order chi connectivity index (χ1) is 16.9. The molecule has 0 saturated carbocycles. The molecule has 35 heavy (non-hydrogen) atoms. The SMILES string of the molecule is CCOc1cc(/C=N/NC(=O)C(=O)Nc2ccccc2OC)cc(Br)c1OCc1ccccc1C. The smallest absolute Gasteiger partial charge is 0.329 e. The number of hydrazone groups is 1. The van der Waals surface area contributed by atoms with Gasteiger partial charge >= 0.3 is 11.8 Å². The number of nitrogens with one attached hydrogen (secondary N) is 2. The maximum Gasteiger partial charge on any atom is 0.329 e. The summed E-state index contributed by atoms with van der Waals surface area (Å²) in [6, 6.07) is 18.3. The van der Waals surface area contributed by atoms with Gasteiger partial charge in [0.25, 0.3) is 0 Å². The van der Waals surface area contributed by atoms with E-state index in [0.717, 1.165) is 11.1 Å². The first-order valence-corrected chi connectivity index (χ1v) is 11.6. The summed E-state index contributed by atoms with van der Waals surface area (Å²) in [5.74, 6) is -0.267. The van der Waals surface area contributed by atoms with Gasteiger partial charge in [-0.25, -0.2) is 5.43 Å². The second-order valence-electron chi connectivity index (χ2n) is 7.33. The number of halogens is 1. The molecule has 3 aromatic carbocycles. The number of hydrogen-bond acceptors (Lipinski definition) is 6. The number of amides is 2. The van der Waals surface area contributed by atoms with Crippen LogP contribution in [0, 0.1) is 6.92 Å². The lowest BCUT2D eigenvalue weighted by molar-refractivity contribution is -0.136. The molecular weight excluding hydrogens is 514 g/mol. The molecule has 0 spiro atoms. The average molecular weight is 540 g/mol. The molecule has 0 fully saturated rings. The monoisotopic (exact) mass is 539 g/mol. The molecule has 9 heteroatoms. The summed E-state index contributed by atoms with van der Waals surface area (Å²) in [5.41, 5.74) is 5.44. The van der Waals surface area contributed by atoms with Gasteiger partial charge in [0.05, 0.1) is 30.1 Å². The van der Waals surface area contributed by atoms with E-state index in [0.29, 0.717) is 46.2 Å². The van der Waals surface area contributed by atoms with Crippen LogP contribution in [0.2, 0.25) is 0 Å². The van der Waals surface area contributed by atoms with Gasteiger partial charge in [0.2, 0.25) is 0 Å². The first kappa shape index (κ1) is 25.8. The van der Waals surface area contributed by atoms with E-state index in [2.05, 4.69) is 31.8 Å². The number of ether oxygens (including phenoxy) is 3. The van der Waals surface area contributed by atoms with E-state index in [1.807, 2.05) is 38.1 Å². The molecule has 8 nitrogen and oxygen atoms in total. The summed E-state index contributed by atoms with van der Waals surface area (Å²) in [6.45, 7) is 4.73. The van der Waals surface area contributed by atoms with Gasteiger partial charge in [-0.15, -0.1) is 0 Å². The Kier molecular flexibility index (Phi) is 9.25. The quantitative estimate of drug-likeness (QED) is 0.230. The molecule has 0 aliphatic heterocycles. The third kappa shape index (κ3) is 7.07. The standard InChI is InChI=1S/C26H26BrN3O5/c1-4-34-23-14-18(13-20(27)24(23)35-16-19-10-6-5-9-17(19)2)15-28-30-26(32)25(31)29-21-11-7-8-12-22(21)33-3/h5-15H,4,16H2,1-3H3,(H,29,31)(H,30,32)/b28-15+. The van der Waals surface area contributed by atoms with Crippen molar-refractivity contribution >= 4 is 39.6 Å². The number of benzene rings is 3. The van der Waals surface area contributed by atoms with Crippen molar-refractivity contribution in [3.05, 3.63) is 81.8 Å². The lowest BCUT2D eigenvalue weighted by Gasteiger charge is -2.15. The highest BCUT2D eigenvalue weighted by Crippen LogP contribution is 2.37. The maximum atomic E-state index is 12.2. The Labute approximate surface area is 212 Å². The van der Waals surface area contributed by atoms with Gasteiger partial charge < -0.3 is 19.5 Å². The van der Waals surface area contributed by atoms with Crippen molar-refractivity contribution in [3.63, 3.8) is 0 Å². The minimum absolute atomic E-state index is 0.380. The molecular formula is C26H26BrN3O5. The second kappa shape index (κ2) is 12.6. The van der Waals surface area contributed by atoms with E-state index in [9.17, 15) is 9.59 Å². The van der Waals surface area contributed by atoms with Crippen LogP contribution in [0.25, 0.3) is 0 Å². The summed E-state index contributed by atoms with van der Waals surface area (Å²) in [7, 11) is 1.48. The summed E-state index contributed by atoms with van der Waals surface area (Å²) in [5, 5.41) is 6.38. The third-order valence-corrected chi connectivity index (χ3v) is 5.50. The van der Waals surface area contributed by atoms with E-state index in [4.69, 9.17) is 14.2 Å². The minimum Gasteiger partial charge on any atom is -0.495 e. The third-order valence-electron chi connectivity index (χ3n) is 4.91. The fourth-order valence-corrected chi connectivity index (χ4v) is 3.70. The number of nitrogens with zero attached hydrogens (tertiary/aromatic N) is 1. The lowest BCUT2D eigenvalue weighted by atomic mass is 10.1. The van der Waals surface area contributed by atoms with Gasteiger partial charge in [-0.2, -0.15) is 5.10 Å². The van der Waals surface area contributed by atoms with Crippen LogP contribution in [0.15, 0.2) is 70.2 Å². The van der Waals surface area contributed by atoms with Crippen molar-refractivity contribution in [2.45, 2.75) is 20.5 Å². The topological polar surface area (TPSA) is 98.2 Å². The molecule has 0 saturated heterocycles. The van der Waals surface area contributed by atoms with Gasteiger partial charge in [0.15, 0.2) is 11.5 Å². The summed E-state index contributed by atoms with van der Waals surface area (Å²) in [6.07, 6.45) is 1.41. The van der Waals surface area contributed by atoms with E-state index in [1.165, 1.54) is 13.3 Å². The Bertz CT molecular complexity index is 1230. The highest BCUT2D eigenvalue weighted by Gasteiger charge is 2.16. The molecule has 0 aliphatic rings. The van der Waals surface area contributed by atoms with E-state index >= 15 is 0 Å². The van der Waals surface area contributed by atoms with Crippen molar-refractivity contribution in [3.8, 4) is 17.2 Å². The lowest BCUT2D eigenvalue weighted by Crippen LogP contribution is -2.32. The van der Waals surface area contributed by atoms with E-state index in [1.54, 1.807) is 36.4 Å². The molecule has 3 rings (SSSR count). The van der Waals surface area contributed by atoms with Gasteiger partial charge in [0.1, 0.15) is 12.4 Å². The van der Waals surface area contributed by atoms with Crippen LogP contribution in [-0.4, -0.2) is 31.7 Å². The van der Waals surface area contributed by atoms with Crippen LogP contribution >= 0.6 is 15.9 Å². The summed E-state index contributed by atoms with van der Waals surface area (Å²) < 4.78 is 17.6. The normalized spacial score (nSPS) is 10.6. The van der Waals surface area contributed by atoms with E-state index < -0.39 is 11.8 Å². The minimum atomic E-state index is -0.922. The zero-order chi connectivity index (χ0) is 25.2. The zero-order valence-corrected chi connectivity index (χ0v) is 21.2. The Hall–Kier alpha value is -3.85. The van der Waals surface area contributed by atoms with Crippen LogP contribution in [0.3, 0.4) is 0 Å². The molecule has 3 aromatic rings. The Morgan fingerprint density at radius 2 is 1.74 bits per heavy atom. The first-order valence-electron chi connectivity index (χ1n) is 10.8. The van der Waals surface area contributed by atoms with Crippen LogP contribution in [0.1, 0.15) is 23.6 Å². The molecule has 0 aromatic heterocycles. The molecule has 0 bridgehead atoms.